The Balaban J connectivity index is 1.61. The largest absolute Gasteiger partial charge is 0.388 e. The van der Waals surface area contributed by atoms with Gasteiger partial charge in [0.05, 0.1) is 5.60 Å². The Labute approximate surface area is 112 Å². The number of rotatable bonds is 3. The molecule has 0 bridgehead atoms. The van der Waals surface area contributed by atoms with Gasteiger partial charge in [0.1, 0.15) is 0 Å². The van der Waals surface area contributed by atoms with Crippen LogP contribution in [0, 0.1) is 0 Å². The summed E-state index contributed by atoms with van der Waals surface area (Å²) in [5.41, 5.74) is 0.790. The monoisotopic (exact) mass is 265 g/mol. The Morgan fingerprint density at radius 2 is 2.11 bits per heavy atom. The summed E-state index contributed by atoms with van der Waals surface area (Å²) >= 11 is 1.89. The van der Waals surface area contributed by atoms with E-state index in [1.54, 1.807) is 0 Å². The molecule has 0 saturated carbocycles. The normalized spacial score (nSPS) is 25.9. The SMILES string of the molecule is OC1(CNC2CSc3ccccc32)CCOCC1. The van der Waals surface area contributed by atoms with E-state index in [4.69, 9.17) is 4.74 Å². The maximum atomic E-state index is 10.4. The zero-order chi connectivity index (χ0) is 12.4. The highest BCUT2D eigenvalue weighted by atomic mass is 32.2. The van der Waals surface area contributed by atoms with Gasteiger partial charge in [-0.25, -0.2) is 0 Å². The fraction of sp³-hybridized carbons (Fsp3) is 0.571. The van der Waals surface area contributed by atoms with Gasteiger partial charge in [-0.3, -0.25) is 0 Å². The van der Waals surface area contributed by atoms with E-state index in [-0.39, 0.29) is 0 Å². The standard InChI is InChI=1S/C14H19NO2S/c16-14(5-7-17-8-6-14)10-15-12-9-18-13-4-2-1-3-11(12)13/h1-4,12,15-16H,5-10H2. The zero-order valence-electron chi connectivity index (χ0n) is 10.4. The van der Waals surface area contributed by atoms with Gasteiger partial charge in [-0.05, 0) is 11.6 Å². The summed E-state index contributed by atoms with van der Waals surface area (Å²) < 4.78 is 5.30. The molecule has 0 radical (unpaired) electrons. The molecule has 3 rings (SSSR count). The average molecular weight is 265 g/mol. The van der Waals surface area contributed by atoms with Crippen molar-refractivity contribution in [1.29, 1.82) is 0 Å². The minimum absolute atomic E-state index is 0.373. The van der Waals surface area contributed by atoms with Crippen molar-refractivity contribution in [3.05, 3.63) is 29.8 Å². The fourth-order valence-corrected chi connectivity index (χ4v) is 3.77. The zero-order valence-corrected chi connectivity index (χ0v) is 11.2. The number of thioether (sulfide) groups is 1. The van der Waals surface area contributed by atoms with Crippen LogP contribution in [0.1, 0.15) is 24.4 Å². The average Bonchev–Trinajstić information content (AvgIpc) is 2.81. The summed E-state index contributed by atoms with van der Waals surface area (Å²) in [4.78, 5) is 1.37. The van der Waals surface area contributed by atoms with Crippen LogP contribution in [0.5, 0.6) is 0 Å². The highest BCUT2D eigenvalue weighted by Gasteiger charge is 2.31. The van der Waals surface area contributed by atoms with Gasteiger partial charge in [0.15, 0.2) is 0 Å². The van der Waals surface area contributed by atoms with E-state index < -0.39 is 5.60 Å². The van der Waals surface area contributed by atoms with E-state index in [0.29, 0.717) is 25.8 Å². The molecule has 2 aliphatic rings. The minimum Gasteiger partial charge on any atom is -0.388 e. The first-order valence-electron chi connectivity index (χ1n) is 6.52. The predicted molar refractivity (Wildman–Crippen MR) is 72.9 cm³/mol. The summed E-state index contributed by atoms with van der Waals surface area (Å²) in [6.45, 7) is 2.01. The molecule has 18 heavy (non-hydrogen) atoms. The van der Waals surface area contributed by atoms with Crippen LogP contribution in [0.15, 0.2) is 29.2 Å². The second kappa shape index (κ2) is 5.21. The van der Waals surface area contributed by atoms with Crippen LogP contribution < -0.4 is 5.32 Å². The Bertz CT molecular complexity index is 418. The van der Waals surface area contributed by atoms with Crippen molar-refractivity contribution in [3.63, 3.8) is 0 Å². The van der Waals surface area contributed by atoms with Crippen LogP contribution in [-0.4, -0.2) is 36.2 Å². The van der Waals surface area contributed by atoms with E-state index in [2.05, 4.69) is 29.6 Å². The van der Waals surface area contributed by atoms with Crippen molar-refractivity contribution in [2.75, 3.05) is 25.5 Å². The Hall–Kier alpha value is -0.550. The van der Waals surface area contributed by atoms with Crippen LogP contribution >= 0.6 is 11.8 Å². The molecule has 1 aromatic carbocycles. The smallest absolute Gasteiger partial charge is 0.0815 e. The molecule has 98 valence electrons. The number of benzene rings is 1. The fourth-order valence-electron chi connectivity index (χ4n) is 2.57. The van der Waals surface area contributed by atoms with Gasteiger partial charge in [-0.2, -0.15) is 0 Å². The van der Waals surface area contributed by atoms with Gasteiger partial charge >= 0.3 is 0 Å². The van der Waals surface area contributed by atoms with E-state index in [1.807, 2.05) is 11.8 Å². The van der Waals surface area contributed by atoms with E-state index in [0.717, 1.165) is 18.6 Å². The van der Waals surface area contributed by atoms with Gasteiger partial charge in [-0.1, -0.05) is 18.2 Å². The lowest BCUT2D eigenvalue weighted by atomic mass is 9.94. The lowest BCUT2D eigenvalue weighted by Gasteiger charge is -2.33. The molecule has 1 atom stereocenters. The van der Waals surface area contributed by atoms with Crippen LogP contribution in [0.4, 0.5) is 0 Å². The van der Waals surface area contributed by atoms with Crippen molar-refractivity contribution in [2.24, 2.45) is 0 Å². The number of ether oxygens (including phenoxy) is 1. The lowest BCUT2D eigenvalue weighted by Crippen LogP contribution is -2.46. The van der Waals surface area contributed by atoms with Gasteiger partial charge < -0.3 is 15.2 Å². The van der Waals surface area contributed by atoms with E-state index in [1.165, 1.54) is 10.5 Å². The van der Waals surface area contributed by atoms with E-state index in [9.17, 15) is 5.11 Å². The molecular formula is C14H19NO2S. The second-order valence-corrected chi connectivity index (χ2v) is 6.18. The number of aliphatic hydroxyl groups is 1. The molecule has 4 heteroatoms. The summed E-state index contributed by atoms with van der Waals surface area (Å²) in [6.07, 6.45) is 1.48. The first-order valence-corrected chi connectivity index (χ1v) is 7.51. The van der Waals surface area contributed by atoms with Gasteiger partial charge in [0, 0.05) is 49.3 Å². The lowest BCUT2D eigenvalue weighted by molar-refractivity contribution is -0.0625. The van der Waals surface area contributed by atoms with Crippen molar-refractivity contribution in [2.45, 2.75) is 29.4 Å². The maximum absolute atomic E-state index is 10.4. The predicted octanol–water partition coefficient (Wildman–Crippen LogP) is 1.96. The van der Waals surface area contributed by atoms with Crippen LogP contribution in [-0.2, 0) is 4.74 Å². The summed E-state index contributed by atoms with van der Waals surface area (Å²) in [5.74, 6) is 1.06. The van der Waals surface area contributed by atoms with Crippen molar-refractivity contribution in [3.8, 4) is 0 Å². The topological polar surface area (TPSA) is 41.5 Å². The van der Waals surface area contributed by atoms with Crippen LogP contribution in [0.2, 0.25) is 0 Å². The third-order valence-corrected chi connectivity index (χ3v) is 4.98. The highest BCUT2D eigenvalue weighted by Crippen LogP contribution is 2.38. The van der Waals surface area contributed by atoms with Gasteiger partial charge in [-0.15, -0.1) is 11.8 Å². The molecule has 1 aromatic rings. The molecule has 0 aliphatic carbocycles. The minimum atomic E-state index is -0.583. The maximum Gasteiger partial charge on any atom is 0.0815 e. The molecule has 3 nitrogen and oxygen atoms in total. The van der Waals surface area contributed by atoms with Crippen LogP contribution in [0.3, 0.4) is 0 Å². The Morgan fingerprint density at radius 3 is 2.94 bits per heavy atom. The molecule has 1 fully saturated rings. The molecule has 0 spiro atoms. The Morgan fingerprint density at radius 1 is 1.33 bits per heavy atom. The molecule has 1 unspecified atom stereocenters. The molecule has 2 N–H and O–H groups in total. The first kappa shape index (κ1) is 12.5. The molecular weight excluding hydrogens is 246 g/mol. The third-order valence-electron chi connectivity index (χ3n) is 3.80. The van der Waals surface area contributed by atoms with Crippen molar-refractivity contribution in [1.82, 2.24) is 5.32 Å². The third kappa shape index (κ3) is 2.57. The second-order valence-electron chi connectivity index (χ2n) is 5.12. The quantitative estimate of drug-likeness (QED) is 0.877. The Kier molecular flexibility index (Phi) is 3.61. The highest BCUT2D eigenvalue weighted by molar-refractivity contribution is 7.99. The summed E-state index contributed by atoms with van der Waals surface area (Å²) in [6, 6.07) is 8.90. The molecule has 1 saturated heterocycles. The van der Waals surface area contributed by atoms with Gasteiger partial charge in [0.2, 0.25) is 0 Å². The molecule has 2 heterocycles. The van der Waals surface area contributed by atoms with Gasteiger partial charge in [0.25, 0.3) is 0 Å². The summed E-state index contributed by atoms with van der Waals surface area (Å²) in [5, 5.41) is 14.0. The molecule has 0 aromatic heterocycles. The number of nitrogens with one attached hydrogen (secondary N) is 1. The molecule has 0 amide bonds. The van der Waals surface area contributed by atoms with Crippen molar-refractivity contribution < 1.29 is 9.84 Å². The van der Waals surface area contributed by atoms with Crippen molar-refractivity contribution >= 4 is 11.8 Å². The van der Waals surface area contributed by atoms with Crippen LogP contribution in [0.25, 0.3) is 0 Å². The molecule has 2 aliphatic heterocycles. The summed E-state index contributed by atoms with van der Waals surface area (Å²) in [7, 11) is 0. The number of fused-ring (bicyclic) bond motifs is 1. The number of hydrogen-bond acceptors (Lipinski definition) is 4. The first-order chi connectivity index (χ1) is 8.77. The number of hydrogen-bond donors (Lipinski definition) is 2. The van der Waals surface area contributed by atoms with E-state index >= 15 is 0 Å².